The summed E-state index contributed by atoms with van der Waals surface area (Å²) in [6.45, 7) is 4.97. The highest BCUT2D eigenvalue weighted by molar-refractivity contribution is 5.99. The zero-order chi connectivity index (χ0) is 16.1. The maximum atomic E-state index is 12.1. The number of nitrogens with zero attached hydrogens (tertiary/aromatic N) is 1. The van der Waals surface area contributed by atoms with Gasteiger partial charge in [0.05, 0.1) is 18.8 Å². The van der Waals surface area contributed by atoms with Gasteiger partial charge in [-0.05, 0) is 32.0 Å². The number of aromatic nitrogens is 1. The number of esters is 2. The van der Waals surface area contributed by atoms with E-state index in [9.17, 15) is 9.59 Å². The molecule has 0 amide bonds. The average molecular weight is 304 g/mol. The van der Waals surface area contributed by atoms with Crippen LogP contribution in [0.3, 0.4) is 0 Å². The van der Waals surface area contributed by atoms with E-state index in [1.165, 1.54) is 0 Å². The molecule has 22 heavy (non-hydrogen) atoms. The van der Waals surface area contributed by atoms with Crippen LogP contribution in [0.1, 0.15) is 34.7 Å². The van der Waals surface area contributed by atoms with Crippen LogP contribution < -0.4 is 5.73 Å². The second-order valence-electron chi connectivity index (χ2n) is 4.68. The molecule has 0 unspecified atom stereocenters. The number of hydrogen-bond acceptors (Lipinski definition) is 5. The molecular weight excluding hydrogens is 284 g/mol. The van der Waals surface area contributed by atoms with Gasteiger partial charge in [-0.15, -0.1) is 0 Å². The zero-order valence-corrected chi connectivity index (χ0v) is 12.8. The molecule has 2 rings (SSSR count). The molecular formula is C16H20N2O4. The summed E-state index contributed by atoms with van der Waals surface area (Å²) in [5.41, 5.74) is 7.28. The van der Waals surface area contributed by atoms with Crippen molar-refractivity contribution in [2.75, 3.05) is 19.8 Å². The molecule has 0 saturated heterocycles. The van der Waals surface area contributed by atoms with Crippen molar-refractivity contribution < 1.29 is 19.1 Å². The van der Waals surface area contributed by atoms with Gasteiger partial charge in [-0.25, -0.2) is 9.59 Å². The highest BCUT2D eigenvalue weighted by atomic mass is 16.5. The van der Waals surface area contributed by atoms with E-state index in [4.69, 9.17) is 15.2 Å². The second kappa shape index (κ2) is 7.09. The molecule has 2 N–H and O–H groups in total. The molecule has 118 valence electrons. The number of nitrogens with two attached hydrogens (primary N) is 1. The third-order valence-corrected chi connectivity index (χ3v) is 3.25. The monoisotopic (exact) mass is 304 g/mol. The fraction of sp³-hybridized carbons (Fsp3) is 0.375. The van der Waals surface area contributed by atoms with Crippen LogP contribution in [0.2, 0.25) is 0 Å². The fourth-order valence-corrected chi connectivity index (χ4v) is 2.34. The Hall–Kier alpha value is -2.34. The molecule has 0 saturated carbocycles. The van der Waals surface area contributed by atoms with Crippen LogP contribution in [0.4, 0.5) is 0 Å². The number of carbonyl (C=O) groups excluding carboxylic acids is 2. The first-order valence-corrected chi connectivity index (χ1v) is 7.30. The number of fused-ring (bicyclic) bond motifs is 1. The summed E-state index contributed by atoms with van der Waals surface area (Å²) < 4.78 is 11.8. The fourth-order valence-electron chi connectivity index (χ4n) is 2.34. The van der Waals surface area contributed by atoms with E-state index < -0.39 is 5.97 Å². The number of hydrogen-bond donors (Lipinski definition) is 1. The third kappa shape index (κ3) is 3.12. The summed E-state index contributed by atoms with van der Waals surface area (Å²) in [7, 11) is 0. The zero-order valence-electron chi connectivity index (χ0n) is 12.8. The van der Waals surface area contributed by atoms with E-state index in [2.05, 4.69) is 0 Å². The minimum absolute atomic E-state index is 0.303. The van der Waals surface area contributed by atoms with Gasteiger partial charge in [0.15, 0.2) is 0 Å². The third-order valence-electron chi connectivity index (χ3n) is 3.25. The minimum Gasteiger partial charge on any atom is -0.462 e. The van der Waals surface area contributed by atoms with Gasteiger partial charge in [0.1, 0.15) is 5.69 Å². The molecule has 1 aromatic carbocycles. The Morgan fingerprint density at radius 3 is 2.41 bits per heavy atom. The number of benzene rings is 1. The molecule has 1 heterocycles. The van der Waals surface area contributed by atoms with Gasteiger partial charge >= 0.3 is 11.9 Å². The summed E-state index contributed by atoms with van der Waals surface area (Å²) >= 11 is 0. The van der Waals surface area contributed by atoms with E-state index in [0.717, 1.165) is 10.9 Å². The van der Waals surface area contributed by atoms with Gasteiger partial charge in [-0.2, -0.15) is 0 Å². The second-order valence-corrected chi connectivity index (χ2v) is 4.68. The summed E-state index contributed by atoms with van der Waals surface area (Å²) in [5, 5.41) is 0.851. The Balaban J connectivity index is 2.52. The first kappa shape index (κ1) is 16.0. The van der Waals surface area contributed by atoms with Gasteiger partial charge in [0.25, 0.3) is 0 Å². The van der Waals surface area contributed by atoms with Gasteiger partial charge in [-0.3, -0.25) is 0 Å². The van der Waals surface area contributed by atoms with Crippen LogP contribution in [0.5, 0.6) is 0 Å². The SMILES string of the molecule is CCOC(=O)c1ccc2cc(C(=O)OCC)n(CCN)c2c1. The van der Waals surface area contributed by atoms with Crippen LogP contribution in [0, 0.1) is 0 Å². The van der Waals surface area contributed by atoms with Crippen LogP contribution in [0.15, 0.2) is 24.3 Å². The quantitative estimate of drug-likeness (QED) is 0.825. The van der Waals surface area contributed by atoms with E-state index in [1.807, 2.05) is 0 Å². The summed E-state index contributed by atoms with van der Waals surface area (Å²) in [4.78, 5) is 23.9. The lowest BCUT2D eigenvalue weighted by Gasteiger charge is -2.09. The Labute approximate surface area is 128 Å². The largest absolute Gasteiger partial charge is 0.462 e. The van der Waals surface area contributed by atoms with Crippen molar-refractivity contribution in [1.29, 1.82) is 0 Å². The van der Waals surface area contributed by atoms with E-state index >= 15 is 0 Å². The predicted octanol–water partition coefficient (Wildman–Crippen LogP) is 1.95. The molecule has 0 atom stereocenters. The van der Waals surface area contributed by atoms with E-state index in [1.54, 1.807) is 42.7 Å². The lowest BCUT2D eigenvalue weighted by Crippen LogP contribution is -2.16. The topological polar surface area (TPSA) is 83.6 Å². The number of ether oxygens (including phenoxy) is 2. The summed E-state index contributed by atoms with van der Waals surface area (Å²) in [5.74, 6) is -0.785. The Morgan fingerprint density at radius 2 is 1.77 bits per heavy atom. The lowest BCUT2D eigenvalue weighted by molar-refractivity contribution is 0.0510. The van der Waals surface area contributed by atoms with Crippen LogP contribution in [-0.4, -0.2) is 36.3 Å². The Bertz CT molecular complexity index is 691. The molecule has 0 fully saturated rings. The van der Waals surface area contributed by atoms with Crippen molar-refractivity contribution in [3.05, 3.63) is 35.5 Å². The highest BCUT2D eigenvalue weighted by Gasteiger charge is 2.17. The molecule has 6 nitrogen and oxygen atoms in total. The van der Waals surface area contributed by atoms with Gasteiger partial charge < -0.3 is 19.8 Å². The van der Waals surface area contributed by atoms with Crippen LogP contribution >= 0.6 is 0 Å². The van der Waals surface area contributed by atoms with E-state index in [0.29, 0.717) is 37.6 Å². The number of carbonyl (C=O) groups is 2. The van der Waals surface area contributed by atoms with Crippen molar-refractivity contribution in [3.63, 3.8) is 0 Å². The molecule has 0 aliphatic heterocycles. The molecule has 0 radical (unpaired) electrons. The van der Waals surface area contributed by atoms with Gasteiger partial charge in [0.2, 0.25) is 0 Å². The maximum absolute atomic E-state index is 12.1. The van der Waals surface area contributed by atoms with Crippen LogP contribution in [0.25, 0.3) is 10.9 Å². The minimum atomic E-state index is -0.398. The summed E-state index contributed by atoms with van der Waals surface area (Å²) in [6, 6.07) is 6.93. The molecule has 0 bridgehead atoms. The maximum Gasteiger partial charge on any atom is 0.354 e. The Morgan fingerprint density at radius 1 is 1.09 bits per heavy atom. The van der Waals surface area contributed by atoms with Gasteiger partial charge in [0, 0.05) is 24.0 Å². The Kier molecular flexibility index (Phi) is 5.16. The van der Waals surface area contributed by atoms with Crippen molar-refractivity contribution >= 4 is 22.8 Å². The molecule has 0 spiro atoms. The van der Waals surface area contributed by atoms with Crippen molar-refractivity contribution in [3.8, 4) is 0 Å². The molecule has 1 aromatic heterocycles. The standard InChI is InChI=1S/C16H20N2O4/c1-3-21-15(19)12-6-5-11-9-14(16(20)22-4-2)18(8-7-17)13(11)10-12/h5-6,9-10H,3-4,7-8,17H2,1-2H3. The molecule has 0 aliphatic carbocycles. The summed E-state index contributed by atoms with van der Waals surface area (Å²) in [6.07, 6.45) is 0. The molecule has 0 aliphatic rings. The average Bonchev–Trinajstić information content (AvgIpc) is 2.86. The highest BCUT2D eigenvalue weighted by Crippen LogP contribution is 2.22. The predicted molar refractivity (Wildman–Crippen MR) is 82.9 cm³/mol. The molecule has 6 heteroatoms. The van der Waals surface area contributed by atoms with Gasteiger partial charge in [-0.1, -0.05) is 6.07 Å². The van der Waals surface area contributed by atoms with E-state index in [-0.39, 0.29) is 5.97 Å². The first-order valence-electron chi connectivity index (χ1n) is 7.30. The smallest absolute Gasteiger partial charge is 0.354 e. The first-order chi connectivity index (χ1) is 10.6. The van der Waals surface area contributed by atoms with Crippen molar-refractivity contribution in [1.82, 2.24) is 4.57 Å². The van der Waals surface area contributed by atoms with Crippen molar-refractivity contribution in [2.45, 2.75) is 20.4 Å². The van der Waals surface area contributed by atoms with Crippen LogP contribution in [-0.2, 0) is 16.0 Å². The van der Waals surface area contributed by atoms with Crippen molar-refractivity contribution in [2.24, 2.45) is 5.73 Å². The lowest BCUT2D eigenvalue weighted by atomic mass is 10.1. The molecule has 2 aromatic rings. The number of rotatable bonds is 6. The normalized spacial score (nSPS) is 10.7.